The zero-order valence-electron chi connectivity index (χ0n) is 12.8. The van der Waals surface area contributed by atoms with Gasteiger partial charge in [0.25, 0.3) is 0 Å². The number of hydrogen-bond acceptors (Lipinski definition) is 4. The number of ether oxygens (including phenoxy) is 1. The number of nitrogens with zero attached hydrogens (tertiary/aromatic N) is 2. The second-order valence-electron chi connectivity index (χ2n) is 5.97. The molecule has 0 saturated carbocycles. The summed E-state index contributed by atoms with van der Waals surface area (Å²) in [5.41, 5.74) is 5.82. The average molecular weight is 271 g/mol. The molecule has 0 bridgehead atoms. The summed E-state index contributed by atoms with van der Waals surface area (Å²) in [4.78, 5) is 16.4. The van der Waals surface area contributed by atoms with Crippen molar-refractivity contribution in [2.24, 2.45) is 5.73 Å². The fourth-order valence-corrected chi connectivity index (χ4v) is 2.29. The quantitative estimate of drug-likeness (QED) is 0.772. The van der Waals surface area contributed by atoms with E-state index in [0.29, 0.717) is 13.0 Å². The molecule has 5 heteroatoms. The van der Waals surface area contributed by atoms with Gasteiger partial charge in [-0.3, -0.25) is 9.69 Å². The second kappa shape index (κ2) is 7.22. The molecule has 0 aromatic carbocycles. The van der Waals surface area contributed by atoms with Crippen LogP contribution in [0.3, 0.4) is 0 Å². The zero-order chi connectivity index (χ0) is 14.5. The first-order valence-corrected chi connectivity index (χ1v) is 7.16. The lowest BCUT2D eigenvalue weighted by atomic mass is 10.0. The van der Waals surface area contributed by atoms with Crippen molar-refractivity contribution in [3.63, 3.8) is 0 Å². The molecule has 1 rings (SSSR count). The molecule has 1 saturated heterocycles. The van der Waals surface area contributed by atoms with Crippen LogP contribution in [0.5, 0.6) is 0 Å². The number of rotatable bonds is 6. The molecule has 2 N–H and O–H groups in total. The van der Waals surface area contributed by atoms with Crippen LogP contribution in [0.15, 0.2) is 0 Å². The molecule has 1 atom stereocenters. The fraction of sp³-hybridized carbons (Fsp3) is 0.929. The highest BCUT2D eigenvalue weighted by Crippen LogP contribution is 2.16. The minimum atomic E-state index is 0.0275. The van der Waals surface area contributed by atoms with Gasteiger partial charge in [-0.25, -0.2) is 0 Å². The smallest absolute Gasteiger partial charge is 0.222 e. The first-order chi connectivity index (χ1) is 8.90. The van der Waals surface area contributed by atoms with E-state index in [2.05, 4.69) is 18.7 Å². The maximum Gasteiger partial charge on any atom is 0.222 e. The Morgan fingerprint density at radius 2 is 1.89 bits per heavy atom. The third-order valence-corrected chi connectivity index (χ3v) is 4.16. The van der Waals surface area contributed by atoms with Crippen molar-refractivity contribution in [1.82, 2.24) is 9.80 Å². The summed E-state index contributed by atoms with van der Waals surface area (Å²) in [5.74, 6) is 0.245. The maximum atomic E-state index is 12.1. The molecule has 112 valence electrons. The lowest BCUT2D eigenvalue weighted by Gasteiger charge is -2.43. The van der Waals surface area contributed by atoms with Crippen molar-refractivity contribution >= 4 is 5.91 Å². The number of piperazine rings is 1. The summed E-state index contributed by atoms with van der Waals surface area (Å²) in [6.07, 6.45) is 1.53. The minimum Gasteiger partial charge on any atom is -0.382 e. The molecule has 1 heterocycles. The highest BCUT2D eigenvalue weighted by molar-refractivity contribution is 5.76. The van der Waals surface area contributed by atoms with Crippen molar-refractivity contribution in [1.29, 1.82) is 0 Å². The topological polar surface area (TPSA) is 58.8 Å². The van der Waals surface area contributed by atoms with Crippen LogP contribution >= 0.6 is 0 Å². The summed E-state index contributed by atoms with van der Waals surface area (Å²) in [6.45, 7) is 10.4. The van der Waals surface area contributed by atoms with Gasteiger partial charge in [0.2, 0.25) is 5.91 Å². The Bertz CT molecular complexity index is 286. The van der Waals surface area contributed by atoms with Crippen molar-refractivity contribution in [3.05, 3.63) is 0 Å². The molecule has 0 aliphatic carbocycles. The number of carbonyl (C=O) groups excluding carboxylic acids is 1. The van der Waals surface area contributed by atoms with Gasteiger partial charge in [0.05, 0.1) is 6.10 Å². The van der Waals surface area contributed by atoms with Gasteiger partial charge < -0.3 is 15.4 Å². The van der Waals surface area contributed by atoms with Gasteiger partial charge in [-0.05, 0) is 27.2 Å². The molecule has 1 unspecified atom stereocenters. The van der Waals surface area contributed by atoms with Crippen molar-refractivity contribution in [2.75, 3.05) is 39.8 Å². The first-order valence-electron chi connectivity index (χ1n) is 7.16. The number of methoxy groups -OCH3 is 1. The Kier molecular flexibility index (Phi) is 6.23. The Labute approximate surface area is 117 Å². The molecule has 1 aliphatic heterocycles. The minimum absolute atomic E-state index is 0.0275. The molecular weight excluding hydrogens is 242 g/mol. The van der Waals surface area contributed by atoms with Crippen LogP contribution in [-0.4, -0.2) is 67.2 Å². The standard InChI is InChI=1S/C14H29N3O2/c1-12(19-4)5-6-13(18)16-7-9-17(10-8-16)14(2,3)11-15/h12H,5-11,15H2,1-4H3. The molecule has 1 amide bonds. The third-order valence-electron chi connectivity index (χ3n) is 4.16. The van der Waals surface area contributed by atoms with E-state index in [0.717, 1.165) is 32.6 Å². The Hall–Kier alpha value is -0.650. The van der Waals surface area contributed by atoms with Crippen LogP contribution in [0.25, 0.3) is 0 Å². The van der Waals surface area contributed by atoms with Crippen LogP contribution in [0.4, 0.5) is 0 Å². The van der Waals surface area contributed by atoms with E-state index in [1.54, 1.807) is 7.11 Å². The van der Waals surface area contributed by atoms with E-state index in [1.165, 1.54) is 0 Å². The summed E-state index contributed by atoms with van der Waals surface area (Å²) < 4.78 is 5.17. The number of hydrogen-bond donors (Lipinski definition) is 1. The molecule has 0 radical (unpaired) electrons. The predicted octanol–water partition coefficient (Wildman–Crippen LogP) is 0.683. The average Bonchev–Trinajstić information content (AvgIpc) is 2.44. The summed E-state index contributed by atoms with van der Waals surface area (Å²) in [6, 6.07) is 0. The van der Waals surface area contributed by atoms with Gasteiger partial charge >= 0.3 is 0 Å². The molecule has 0 aromatic rings. The maximum absolute atomic E-state index is 12.1. The number of carbonyl (C=O) groups is 1. The van der Waals surface area contributed by atoms with Crippen molar-refractivity contribution in [3.8, 4) is 0 Å². The third kappa shape index (κ3) is 4.75. The lowest BCUT2D eigenvalue weighted by Crippen LogP contribution is -2.58. The summed E-state index contributed by atoms with van der Waals surface area (Å²) >= 11 is 0. The van der Waals surface area contributed by atoms with Crippen LogP contribution in [0.1, 0.15) is 33.6 Å². The lowest BCUT2D eigenvalue weighted by molar-refractivity contribution is -0.134. The number of amides is 1. The normalized spacial score (nSPS) is 19.5. The van der Waals surface area contributed by atoms with Gasteiger partial charge in [0.1, 0.15) is 0 Å². The van der Waals surface area contributed by atoms with Crippen LogP contribution in [0.2, 0.25) is 0 Å². The largest absolute Gasteiger partial charge is 0.382 e. The van der Waals surface area contributed by atoms with Gasteiger partial charge in [-0.1, -0.05) is 0 Å². The van der Waals surface area contributed by atoms with Crippen LogP contribution < -0.4 is 5.73 Å². The van der Waals surface area contributed by atoms with Crippen molar-refractivity contribution in [2.45, 2.75) is 45.3 Å². The van der Waals surface area contributed by atoms with Crippen molar-refractivity contribution < 1.29 is 9.53 Å². The van der Waals surface area contributed by atoms with Gasteiger partial charge in [0.15, 0.2) is 0 Å². The van der Waals surface area contributed by atoms with E-state index in [4.69, 9.17) is 10.5 Å². The Morgan fingerprint density at radius 1 is 1.32 bits per heavy atom. The van der Waals surface area contributed by atoms with Gasteiger partial charge in [0, 0.05) is 51.8 Å². The second-order valence-corrected chi connectivity index (χ2v) is 5.97. The monoisotopic (exact) mass is 271 g/mol. The molecule has 1 fully saturated rings. The van der Waals surface area contributed by atoms with E-state index >= 15 is 0 Å². The molecule has 0 aromatic heterocycles. The van der Waals surface area contributed by atoms with E-state index in [-0.39, 0.29) is 17.6 Å². The van der Waals surface area contributed by atoms with E-state index in [1.807, 2.05) is 11.8 Å². The van der Waals surface area contributed by atoms with Gasteiger partial charge in [-0.15, -0.1) is 0 Å². The summed E-state index contributed by atoms with van der Waals surface area (Å²) in [5, 5.41) is 0. The molecule has 19 heavy (non-hydrogen) atoms. The van der Waals surface area contributed by atoms with Crippen LogP contribution in [-0.2, 0) is 9.53 Å². The zero-order valence-corrected chi connectivity index (χ0v) is 12.8. The highest BCUT2D eigenvalue weighted by atomic mass is 16.5. The Balaban J connectivity index is 2.35. The highest BCUT2D eigenvalue weighted by Gasteiger charge is 2.29. The molecular formula is C14H29N3O2. The number of nitrogens with two attached hydrogens (primary N) is 1. The molecule has 1 aliphatic rings. The fourth-order valence-electron chi connectivity index (χ4n) is 2.29. The SMILES string of the molecule is COC(C)CCC(=O)N1CCN(C(C)(C)CN)CC1. The summed E-state index contributed by atoms with van der Waals surface area (Å²) in [7, 11) is 1.68. The first kappa shape index (κ1) is 16.4. The van der Waals surface area contributed by atoms with Crippen LogP contribution in [0, 0.1) is 0 Å². The van der Waals surface area contributed by atoms with Gasteiger partial charge in [-0.2, -0.15) is 0 Å². The molecule has 0 spiro atoms. The van der Waals surface area contributed by atoms with E-state index in [9.17, 15) is 4.79 Å². The Morgan fingerprint density at radius 3 is 2.37 bits per heavy atom. The predicted molar refractivity (Wildman–Crippen MR) is 77.0 cm³/mol. The molecule has 5 nitrogen and oxygen atoms in total. The van der Waals surface area contributed by atoms with E-state index < -0.39 is 0 Å².